The van der Waals surface area contributed by atoms with E-state index in [1.807, 2.05) is 36.1 Å². The Morgan fingerprint density at radius 3 is 2.60 bits per heavy atom. The molecule has 5 nitrogen and oxygen atoms in total. The third kappa shape index (κ3) is 4.06. The Bertz CT molecular complexity index is 494. The number of carbonyl (C=O) groups excluding carboxylic acids is 2. The van der Waals surface area contributed by atoms with Crippen molar-refractivity contribution in [3.05, 3.63) is 29.8 Å². The highest BCUT2D eigenvalue weighted by Crippen LogP contribution is 2.08. The van der Waals surface area contributed by atoms with E-state index in [9.17, 15) is 9.59 Å². The maximum absolute atomic E-state index is 12.0. The Morgan fingerprint density at radius 1 is 1.30 bits per heavy atom. The molecule has 0 aliphatic carbocycles. The lowest BCUT2D eigenvalue weighted by atomic mass is 10.2. The minimum absolute atomic E-state index is 0.0295. The van der Waals surface area contributed by atoms with Crippen molar-refractivity contribution in [1.29, 1.82) is 0 Å². The highest BCUT2D eigenvalue weighted by Gasteiger charge is 2.23. The normalized spacial score (nSPS) is 16.0. The van der Waals surface area contributed by atoms with Crippen molar-refractivity contribution in [2.24, 2.45) is 0 Å². The molecule has 1 saturated heterocycles. The highest BCUT2D eigenvalue weighted by atomic mass is 16.2. The molecule has 5 heteroatoms. The molecule has 0 radical (unpaired) electrons. The minimum Gasteiger partial charge on any atom is -0.332 e. The van der Waals surface area contributed by atoms with E-state index in [4.69, 9.17) is 0 Å². The molecule has 1 aliphatic heterocycles. The standard InChI is InChI=1S/C15H21N3O2/c1-12-4-3-5-14(10-12)16-15(20)11-17-6-8-18(9-7-17)13(2)19/h3-5,10H,6-9,11H2,1-2H3,(H,16,20)/p+1. The first kappa shape index (κ1) is 14.5. The first-order valence-corrected chi connectivity index (χ1v) is 7.00. The zero-order valence-corrected chi connectivity index (χ0v) is 12.1. The topological polar surface area (TPSA) is 53.9 Å². The Morgan fingerprint density at radius 2 is 2.00 bits per heavy atom. The monoisotopic (exact) mass is 276 g/mol. The van der Waals surface area contributed by atoms with Crippen LogP contribution in [0.25, 0.3) is 0 Å². The van der Waals surface area contributed by atoms with E-state index >= 15 is 0 Å². The van der Waals surface area contributed by atoms with Crippen molar-refractivity contribution in [1.82, 2.24) is 4.90 Å². The van der Waals surface area contributed by atoms with Crippen LogP contribution in [0, 0.1) is 6.92 Å². The van der Waals surface area contributed by atoms with Crippen LogP contribution in [-0.2, 0) is 9.59 Å². The van der Waals surface area contributed by atoms with Crippen LogP contribution >= 0.6 is 0 Å². The van der Waals surface area contributed by atoms with Gasteiger partial charge in [-0.25, -0.2) is 0 Å². The summed E-state index contributed by atoms with van der Waals surface area (Å²) in [6, 6.07) is 7.79. The molecule has 0 unspecified atom stereocenters. The fourth-order valence-electron chi connectivity index (χ4n) is 2.47. The predicted molar refractivity (Wildman–Crippen MR) is 77.6 cm³/mol. The van der Waals surface area contributed by atoms with Crippen molar-refractivity contribution in [2.45, 2.75) is 13.8 Å². The quantitative estimate of drug-likeness (QED) is 0.795. The van der Waals surface area contributed by atoms with Gasteiger partial charge in [-0.2, -0.15) is 0 Å². The molecule has 0 aromatic heterocycles. The second-order valence-electron chi connectivity index (χ2n) is 5.35. The molecule has 1 aromatic rings. The van der Waals surface area contributed by atoms with Crippen LogP contribution in [0.5, 0.6) is 0 Å². The number of hydrogen-bond acceptors (Lipinski definition) is 2. The minimum atomic E-state index is 0.0295. The lowest BCUT2D eigenvalue weighted by Crippen LogP contribution is -3.15. The third-order valence-corrected chi connectivity index (χ3v) is 3.63. The number of quaternary nitrogens is 1. The number of aryl methyl sites for hydroxylation is 1. The van der Waals surface area contributed by atoms with E-state index in [1.165, 1.54) is 4.90 Å². The van der Waals surface area contributed by atoms with Crippen molar-refractivity contribution in [3.8, 4) is 0 Å². The average Bonchev–Trinajstić information content (AvgIpc) is 2.39. The lowest BCUT2D eigenvalue weighted by molar-refractivity contribution is -0.895. The lowest BCUT2D eigenvalue weighted by Gasteiger charge is -2.31. The zero-order chi connectivity index (χ0) is 14.5. The molecule has 2 N–H and O–H groups in total. The number of hydrogen-bond donors (Lipinski definition) is 2. The predicted octanol–water partition coefficient (Wildman–Crippen LogP) is -0.319. The molecule has 0 atom stereocenters. The largest absolute Gasteiger partial charge is 0.332 e. The molecular formula is C15H22N3O2+. The van der Waals surface area contributed by atoms with Gasteiger partial charge >= 0.3 is 0 Å². The van der Waals surface area contributed by atoms with Gasteiger partial charge in [0.05, 0.1) is 26.2 Å². The van der Waals surface area contributed by atoms with E-state index in [1.54, 1.807) is 6.92 Å². The molecule has 0 saturated carbocycles. The number of rotatable bonds is 3. The van der Waals surface area contributed by atoms with Gasteiger partial charge in [0.1, 0.15) is 0 Å². The van der Waals surface area contributed by atoms with E-state index < -0.39 is 0 Å². The summed E-state index contributed by atoms with van der Waals surface area (Å²) >= 11 is 0. The Balaban J connectivity index is 1.80. The number of nitrogens with zero attached hydrogens (tertiary/aromatic N) is 1. The number of benzene rings is 1. The van der Waals surface area contributed by atoms with Crippen molar-refractivity contribution in [2.75, 3.05) is 38.0 Å². The molecule has 1 fully saturated rings. The number of anilines is 1. The first-order chi connectivity index (χ1) is 9.54. The smallest absolute Gasteiger partial charge is 0.279 e. The Labute approximate surface area is 119 Å². The van der Waals surface area contributed by atoms with Crippen molar-refractivity contribution >= 4 is 17.5 Å². The summed E-state index contributed by atoms with van der Waals surface area (Å²) in [4.78, 5) is 26.3. The maximum Gasteiger partial charge on any atom is 0.279 e. The van der Waals surface area contributed by atoms with Crippen molar-refractivity contribution < 1.29 is 14.5 Å². The summed E-state index contributed by atoms with van der Waals surface area (Å²) in [6.07, 6.45) is 0. The van der Waals surface area contributed by atoms with Gasteiger partial charge < -0.3 is 15.1 Å². The maximum atomic E-state index is 12.0. The average molecular weight is 276 g/mol. The fourth-order valence-corrected chi connectivity index (χ4v) is 2.47. The van der Waals surface area contributed by atoms with Gasteiger partial charge in [0.15, 0.2) is 6.54 Å². The second kappa shape index (κ2) is 6.52. The number of carbonyl (C=O) groups is 2. The molecule has 2 rings (SSSR count). The number of piperazine rings is 1. The summed E-state index contributed by atoms with van der Waals surface area (Å²) in [5.74, 6) is 0.148. The van der Waals surface area contributed by atoms with Crippen LogP contribution in [0.15, 0.2) is 24.3 Å². The zero-order valence-electron chi connectivity index (χ0n) is 12.1. The van der Waals surface area contributed by atoms with E-state index in [2.05, 4.69) is 5.32 Å². The molecular weight excluding hydrogens is 254 g/mol. The van der Waals surface area contributed by atoms with Gasteiger partial charge in [-0.1, -0.05) is 12.1 Å². The number of amides is 2. The third-order valence-electron chi connectivity index (χ3n) is 3.63. The molecule has 20 heavy (non-hydrogen) atoms. The van der Waals surface area contributed by atoms with Crippen LogP contribution in [-0.4, -0.2) is 49.4 Å². The molecule has 1 heterocycles. The fraction of sp³-hybridized carbons (Fsp3) is 0.467. The molecule has 2 amide bonds. The molecule has 1 aliphatic rings. The van der Waals surface area contributed by atoms with Gasteiger partial charge in [0.2, 0.25) is 5.91 Å². The second-order valence-corrected chi connectivity index (χ2v) is 5.35. The summed E-state index contributed by atoms with van der Waals surface area (Å²) in [6.45, 7) is 7.20. The van der Waals surface area contributed by atoms with Gasteiger partial charge in [-0.15, -0.1) is 0 Å². The Kier molecular flexibility index (Phi) is 4.74. The van der Waals surface area contributed by atoms with Gasteiger partial charge in [-0.05, 0) is 24.6 Å². The summed E-state index contributed by atoms with van der Waals surface area (Å²) < 4.78 is 0. The Hall–Kier alpha value is -1.88. The van der Waals surface area contributed by atoms with E-state index in [0.29, 0.717) is 6.54 Å². The molecule has 0 bridgehead atoms. The van der Waals surface area contributed by atoms with E-state index in [-0.39, 0.29) is 11.8 Å². The SMILES string of the molecule is CC(=O)N1CC[NH+](CC(=O)Nc2cccc(C)c2)CC1. The first-order valence-electron chi connectivity index (χ1n) is 7.00. The van der Waals surface area contributed by atoms with Crippen LogP contribution in [0.3, 0.4) is 0 Å². The van der Waals surface area contributed by atoms with Crippen LogP contribution in [0.4, 0.5) is 5.69 Å². The molecule has 0 spiro atoms. The van der Waals surface area contributed by atoms with Gasteiger partial charge in [0, 0.05) is 12.6 Å². The van der Waals surface area contributed by atoms with Crippen LogP contribution in [0.2, 0.25) is 0 Å². The van der Waals surface area contributed by atoms with Crippen LogP contribution < -0.4 is 10.2 Å². The molecule has 108 valence electrons. The summed E-state index contributed by atoms with van der Waals surface area (Å²) in [7, 11) is 0. The van der Waals surface area contributed by atoms with E-state index in [0.717, 1.165) is 37.4 Å². The van der Waals surface area contributed by atoms with Gasteiger partial charge in [-0.3, -0.25) is 9.59 Å². The summed E-state index contributed by atoms with van der Waals surface area (Å²) in [5.41, 5.74) is 1.97. The number of nitrogens with one attached hydrogen (secondary N) is 2. The highest BCUT2D eigenvalue weighted by molar-refractivity contribution is 5.91. The van der Waals surface area contributed by atoms with Crippen molar-refractivity contribution in [3.63, 3.8) is 0 Å². The summed E-state index contributed by atoms with van der Waals surface area (Å²) in [5, 5.41) is 2.92. The molecule has 1 aromatic carbocycles. The van der Waals surface area contributed by atoms with Gasteiger partial charge in [0.25, 0.3) is 5.91 Å². The van der Waals surface area contributed by atoms with Crippen LogP contribution in [0.1, 0.15) is 12.5 Å².